The van der Waals surface area contributed by atoms with Gasteiger partial charge in [0.15, 0.2) is 0 Å². The van der Waals surface area contributed by atoms with E-state index in [1.165, 1.54) is 38.5 Å². The molecular formula is C17H31NO5. The van der Waals surface area contributed by atoms with Gasteiger partial charge >= 0.3 is 5.97 Å². The summed E-state index contributed by atoms with van der Waals surface area (Å²) in [6.45, 7) is 1.87. The summed E-state index contributed by atoms with van der Waals surface area (Å²) >= 11 is 0. The van der Waals surface area contributed by atoms with E-state index in [9.17, 15) is 20.0 Å². The number of cyclic esters (lactones) is 1. The highest BCUT2D eigenvalue weighted by Crippen LogP contribution is 2.29. The molecule has 0 amide bonds. The number of carbonyl (C=O) groups excluding carboxylic acids is 1. The van der Waals surface area contributed by atoms with Crippen molar-refractivity contribution in [1.29, 1.82) is 0 Å². The SMILES string of the molecule is CCCCCCCCCCCC([C@@H]1CC(=O)O[C@@H]1CO)[N+](=O)[O-]. The van der Waals surface area contributed by atoms with E-state index in [2.05, 4.69) is 6.92 Å². The molecule has 1 unspecified atom stereocenters. The van der Waals surface area contributed by atoms with Crippen molar-refractivity contribution >= 4 is 5.97 Å². The number of nitro groups is 1. The molecule has 1 heterocycles. The van der Waals surface area contributed by atoms with Crippen molar-refractivity contribution in [2.24, 2.45) is 5.92 Å². The van der Waals surface area contributed by atoms with E-state index in [-0.39, 0.29) is 18.0 Å². The maximum Gasteiger partial charge on any atom is 0.306 e. The Balaban J connectivity index is 2.21. The van der Waals surface area contributed by atoms with E-state index in [0.29, 0.717) is 6.42 Å². The number of rotatable bonds is 13. The molecule has 6 nitrogen and oxygen atoms in total. The second-order valence-corrected chi connectivity index (χ2v) is 6.55. The normalized spacial score (nSPS) is 22.1. The summed E-state index contributed by atoms with van der Waals surface area (Å²) in [4.78, 5) is 22.3. The van der Waals surface area contributed by atoms with Gasteiger partial charge in [-0.25, -0.2) is 0 Å². The highest BCUT2D eigenvalue weighted by Gasteiger charge is 2.45. The van der Waals surface area contributed by atoms with Gasteiger partial charge in [0.1, 0.15) is 6.10 Å². The van der Waals surface area contributed by atoms with Crippen LogP contribution in [0.2, 0.25) is 0 Å². The quantitative estimate of drug-likeness (QED) is 0.242. The summed E-state index contributed by atoms with van der Waals surface area (Å²) in [5.41, 5.74) is 0. The van der Waals surface area contributed by atoms with E-state index >= 15 is 0 Å². The lowest BCUT2D eigenvalue weighted by atomic mass is 9.89. The van der Waals surface area contributed by atoms with Gasteiger partial charge in [-0.2, -0.15) is 0 Å². The van der Waals surface area contributed by atoms with E-state index < -0.39 is 24.0 Å². The monoisotopic (exact) mass is 329 g/mol. The molecule has 0 aromatic carbocycles. The van der Waals surface area contributed by atoms with Gasteiger partial charge in [0.05, 0.1) is 18.9 Å². The van der Waals surface area contributed by atoms with Crippen LogP contribution in [0.1, 0.15) is 77.6 Å². The lowest BCUT2D eigenvalue weighted by Gasteiger charge is -2.19. The number of carbonyl (C=O) groups is 1. The predicted octanol–water partition coefficient (Wildman–Crippen LogP) is 3.48. The lowest BCUT2D eigenvalue weighted by Crippen LogP contribution is -2.36. The van der Waals surface area contributed by atoms with Crippen molar-refractivity contribution in [3.05, 3.63) is 10.1 Å². The van der Waals surface area contributed by atoms with Crippen LogP contribution in [0.4, 0.5) is 0 Å². The first-order valence-corrected chi connectivity index (χ1v) is 9.04. The summed E-state index contributed by atoms with van der Waals surface area (Å²) in [6, 6.07) is -0.789. The lowest BCUT2D eigenvalue weighted by molar-refractivity contribution is -0.534. The average molecular weight is 329 g/mol. The van der Waals surface area contributed by atoms with Crippen molar-refractivity contribution in [3.63, 3.8) is 0 Å². The number of aliphatic hydroxyl groups is 1. The summed E-state index contributed by atoms with van der Waals surface area (Å²) in [6.07, 6.45) is 10.3. The Morgan fingerprint density at radius 3 is 2.26 bits per heavy atom. The standard InChI is InChI=1S/C17H31NO5/c1-2-3-4-5-6-7-8-9-10-11-15(18(21)22)14-12-17(20)23-16(14)13-19/h14-16,19H,2-13H2,1H3/t14-,15?,16+/m0/s1. The van der Waals surface area contributed by atoms with Crippen molar-refractivity contribution < 1.29 is 19.6 Å². The van der Waals surface area contributed by atoms with Crippen molar-refractivity contribution in [2.75, 3.05) is 6.61 Å². The van der Waals surface area contributed by atoms with Crippen LogP contribution >= 0.6 is 0 Å². The van der Waals surface area contributed by atoms with Crippen LogP contribution in [0.5, 0.6) is 0 Å². The minimum Gasteiger partial charge on any atom is -0.459 e. The summed E-state index contributed by atoms with van der Waals surface area (Å²) in [7, 11) is 0. The molecule has 0 spiro atoms. The Morgan fingerprint density at radius 1 is 1.17 bits per heavy atom. The molecule has 0 aromatic heterocycles. The number of aliphatic hydroxyl groups excluding tert-OH is 1. The second-order valence-electron chi connectivity index (χ2n) is 6.55. The molecule has 0 saturated carbocycles. The fourth-order valence-corrected chi connectivity index (χ4v) is 3.32. The highest BCUT2D eigenvalue weighted by molar-refractivity contribution is 5.72. The van der Waals surface area contributed by atoms with E-state index in [1.54, 1.807) is 0 Å². The fraction of sp³-hybridized carbons (Fsp3) is 0.941. The molecule has 6 heteroatoms. The fourth-order valence-electron chi connectivity index (χ4n) is 3.32. The maximum absolute atomic E-state index is 11.3. The van der Waals surface area contributed by atoms with Gasteiger partial charge in [0.25, 0.3) is 0 Å². The first-order valence-electron chi connectivity index (χ1n) is 9.04. The minimum atomic E-state index is -0.789. The molecule has 1 aliphatic heterocycles. The Hall–Kier alpha value is -1.17. The number of hydrogen-bond acceptors (Lipinski definition) is 5. The number of esters is 1. The average Bonchev–Trinajstić information content (AvgIpc) is 2.89. The molecule has 0 aliphatic carbocycles. The van der Waals surface area contributed by atoms with Gasteiger partial charge in [-0.3, -0.25) is 14.9 Å². The minimum absolute atomic E-state index is 0.0499. The zero-order chi connectivity index (χ0) is 17.1. The molecule has 0 bridgehead atoms. The van der Waals surface area contributed by atoms with Crippen molar-refractivity contribution in [1.82, 2.24) is 0 Å². The first kappa shape index (κ1) is 19.9. The van der Waals surface area contributed by atoms with Gasteiger partial charge in [0, 0.05) is 11.3 Å². The molecule has 0 aromatic rings. The molecule has 1 fully saturated rings. The molecule has 1 aliphatic rings. The van der Waals surface area contributed by atoms with Crippen molar-refractivity contribution in [2.45, 2.75) is 89.7 Å². The smallest absolute Gasteiger partial charge is 0.306 e. The third-order valence-electron chi connectivity index (χ3n) is 4.71. The number of hydrogen-bond donors (Lipinski definition) is 1. The highest BCUT2D eigenvalue weighted by atomic mass is 16.6. The van der Waals surface area contributed by atoms with E-state index in [0.717, 1.165) is 19.3 Å². The van der Waals surface area contributed by atoms with Crippen LogP contribution < -0.4 is 0 Å². The molecule has 1 rings (SSSR count). The van der Waals surface area contributed by atoms with Crippen LogP contribution in [0.25, 0.3) is 0 Å². The zero-order valence-electron chi connectivity index (χ0n) is 14.2. The Labute approximate surface area is 138 Å². The van der Waals surface area contributed by atoms with Crippen LogP contribution in [-0.4, -0.2) is 34.8 Å². The Bertz CT molecular complexity index is 361. The first-order chi connectivity index (χ1) is 11.1. The molecule has 3 atom stereocenters. The summed E-state index contributed by atoms with van der Waals surface area (Å²) < 4.78 is 4.95. The third-order valence-corrected chi connectivity index (χ3v) is 4.71. The van der Waals surface area contributed by atoms with Gasteiger partial charge in [-0.1, -0.05) is 58.3 Å². The maximum atomic E-state index is 11.3. The largest absolute Gasteiger partial charge is 0.459 e. The number of unbranched alkanes of at least 4 members (excludes halogenated alkanes) is 8. The van der Waals surface area contributed by atoms with Gasteiger partial charge in [0.2, 0.25) is 6.04 Å². The topological polar surface area (TPSA) is 89.7 Å². The van der Waals surface area contributed by atoms with E-state index in [4.69, 9.17) is 4.74 Å². The van der Waals surface area contributed by atoms with Crippen LogP contribution in [0.15, 0.2) is 0 Å². The van der Waals surface area contributed by atoms with Crippen molar-refractivity contribution in [3.8, 4) is 0 Å². The Kier molecular flexibility index (Phi) is 9.83. The molecular weight excluding hydrogens is 298 g/mol. The summed E-state index contributed by atoms with van der Waals surface area (Å²) in [5.74, 6) is -0.926. The van der Waals surface area contributed by atoms with Crippen LogP contribution in [-0.2, 0) is 9.53 Å². The molecule has 134 valence electrons. The molecule has 1 saturated heterocycles. The van der Waals surface area contributed by atoms with Crippen LogP contribution in [0.3, 0.4) is 0 Å². The number of nitrogens with zero attached hydrogens (tertiary/aromatic N) is 1. The molecule has 1 N–H and O–H groups in total. The third kappa shape index (κ3) is 7.29. The van der Waals surface area contributed by atoms with Gasteiger partial charge in [-0.05, 0) is 6.42 Å². The van der Waals surface area contributed by atoms with Crippen LogP contribution in [0, 0.1) is 16.0 Å². The Morgan fingerprint density at radius 2 is 1.74 bits per heavy atom. The molecule has 23 heavy (non-hydrogen) atoms. The zero-order valence-corrected chi connectivity index (χ0v) is 14.2. The van der Waals surface area contributed by atoms with E-state index in [1.807, 2.05) is 0 Å². The molecule has 0 radical (unpaired) electrons. The second kappa shape index (κ2) is 11.4. The van der Waals surface area contributed by atoms with Gasteiger partial charge in [-0.15, -0.1) is 0 Å². The van der Waals surface area contributed by atoms with Gasteiger partial charge < -0.3 is 9.84 Å². The number of ether oxygens (including phenoxy) is 1. The predicted molar refractivity (Wildman–Crippen MR) is 87.7 cm³/mol. The summed E-state index contributed by atoms with van der Waals surface area (Å²) in [5, 5.41) is 20.5.